The van der Waals surface area contributed by atoms with Gasteiger partial charge in [0, 0.05) is 37.4 Å². The van der Waals surface area contributed by atoms with Crippen molar-refractivity contribution >= 4 is 28.4 Å². The zero-order valence-corrected chi connectivity index (χ0v) is 14.9. The SMILES string of the molecule is O=C(NCc1ccnc(N2CCOCC2)c1)Nc1cccc2cccnc12. The third-order valence-corrected chi connectivity index (χ3v) is 4.48. The van der Waals surface area contributed by atoms with Gasteiger partial charge in [0.05, 0.1) is 24.4 Å². The maximum atomic E-state index is 12.3. The Morgan fingerprint density at radius 1 is 1.07 bits per heavy atom. The highest BCUT2D eigenvalue weighted by atomic mass is 16.5. The number of morpholine rings is 1. The van der Waals surface area contributed by atoms with Crippen molar-refractivity contribution < 1.29 is 9.53 Å². The van der Waals surface area contributed by atoms with Crippen LogP contribution < -0.4 is 15.5 Å². The largest absolute Gasteiger partial charge is 0.378 e. The summed E-state index contributed by atoms with van der Waals surface area (Å²) in [5.74, 6) is 0.913. The van der Waals surface area contributed by atoms with E-state index < -0.39 is 0 Å². The zero-order valence-electron chi connectivity index (χ0n) is 14.9. The van der Waals surface area contributed by atoms with E-state index in [9.17, 15) is 4.79 Å². The molecule has 0 radical (unpaired) electrons. The molecule has 1 fully saturated rings. The van der Waals surface area contributed by atoms with Crippen molar-refractivity contribution in [3.8, 4) is 0 Å². The monoisotopic (exact) mass is 363 g/mol. The molecule has 0 spiro atoms. The van der Waals surface area contributed by atoms with Crippen LogP contribution in [0, 0.1) is 0 Å². The maximum Gasteiger partial charge on any atom is 0.319 e. The first kappa shape index (κ1) is 17.2. The molecule has 27 heavy (non-hydrogen) atoms. The van der Waals surface area contributed by atoms with E-state index in [1.54, 1.807) is 12.4 Å². The molecule has 1 aliphatic heterocycles. The van der Waals surface area contributed by atoms with Crippen LogP contribution >= 0.6 is 0 Å². The van der Waals surface area contributed by atoms with Crippen LogP contribution in [-0.2, 0) is 11.3 Å². The Morgan fingerprint density at radius 2 is 1.93 bits per heavy atom. The summed E-state index contributed by atoms with van der Waals surface area (Å²) in [6, 6.07) is 13.2. The van der Waals surface area contributed by atoms with Crippen molar-refractivity contribution in [3.05, 3.63) is 60.4 Å². The number of carbonyl (C=O) groups excluding carboxylic acids is 1. The predicted molar refractivity (Wildman–Crippen MR) is 105 cm³/mol. The normalized spacial score (nSPS) is 14.1. The number of carbonyl (C=O) groups is 1. The van der Waals surface area contributed by atoms with E-state index in [1.165, 1.54) is 0 Å². The van der Waals surface area contributed by atoms with E-state index in [0.717, 1.165) is 35.4 Å². The molecule has 0 unspecified atom stereocenters. The quantitative estimate of drug-likeness (QED) is 0.745. The molecule has 3 heterocycles. The van der Waals surface area contributed by atoms with E-state index in [4.69, 9.17) is 4.74 Å². The molecule has 4 rings (SSSR count). The van der Waals surface area contributed by atoms with E-state index in [1.807, 2.05) is 42.5 Å². The predicted octanol–water partition coefficient (Wildman–Crippen LogP) is 2.79. The molecule has 7 nitrogen and oxygen atoms in total. The summed E-state index contributed by atoms with van der Waals surface area (Å²) in [7, 11) is 0. The first-order valence-electron chi connectivity index (χ1n) is 8.96. The lowest BCUT2D eigenvalue weighted by molar-refractivity contribution is 0.122. The summed E-state index contributed by atoms with van der Waals surface area (Å²) in [6.07, 6.45) is 3.49. The Labute approximate surface area is 157 Å². The van der Waals surface area contributed by atoms with Gasteiger partial charge in [-0.1, -0.05) is 18.2 Å². The molecule has 2 aromatic heterocycles. The minimum absolute atomic E-state index is 0.266. The molecular weight excluding hydrogens is 342 g/mol. The van der Waals surface area contributed by atoms with Crippen LogP contribution in [-0.4, -0.2) is 42.3 Å². The highest BCUT2D eigenvalue weighted by molar-refractivity contribution is 5.99. The number of nitrogens with one attached hydrogen (secondary N) is 2. The van der Waals surface area contributed by atoms with Gasteiger partial charge >= 0.3 is 6.03 Å². The minimum Gasteiger partial charge on any atom is -0.378 e. The van der Waals surface area contributed by atoms with Gasteiger partial charge < -0.3 is 20.3 Å². The number of fused-ring (bicyclic) bond motifs is 1. The van der Waals surface area contributed by atoms with Gasteiger partial charge in [0.2, 0.25) is 0 Å². The topological polar surface area (TPSA) is 79.4 Å². The smallest absolute Gasteiger partial charge is 0.319 e. The number of hydrogen-bond donors (Lipinski definition) is 2. The number of nitrogens with zero attached hydrogens (tertiary/aromatic N) is 3. The third-order valence-electron chi connectivity index (χ3n) is 4.48. The highest BCUT2D eigenvalue weighted by Crippen LogP contribution is 2.20. The van der Waals surface area contributed by atoms with Gasteiger partial charge in [-0.15, -0.1) is 0 Å². The minimum atomic E-state index is -0.266. The molecule has 1 aliphatic rings. The number of amides is 2. The number of ether oxygens (including phenoxy) is 1. The van der Waals surface area contributed by atoms with Crippen molar-refractivity contribution in [2.24, 2.45) is 0 Å². The lowest BCUT2D eigenvalue weighted by Gasteiger charge is -2.28. The van der Waals surface area contributed by atoms with Gasteiger partial charge in [-0.3, -0.25) is 4.98 Å². The van der Waals surface area contributed by atoms with Crippen LogP contribution in [0.2, 0.25) is 0 Å². The number of benzene rings is 1. The number of anilines is 2. The molecule has 2 N–H and O–H groups in total. The second-order valence-electron chi connectivity index (χ2n) is 6.31. The average molecular weight is 363 g/mol. The van der Waals surface area contributed by atoms with Crippen LogP contribution in [0.4, 0.5) is 16.3 Å². The molecule has 0 saturated carbocycles. The summed E-state index contributed by atoms with van der Waals surface area (Å²) < 4.78 is 5.38. The summed E-state index contributed by atoms with van der Waals surface area (Å²) >= 11 is 0. The van der Waals surface area contributed by atoms with Crippen molar-refractivity contribution in [3.63, 3.8) is 0 Å². The van der Waals surface area contributed by atoms with Gasteiger partial charge in [0.1, 0.15) is 5.82 Å². The van der Waals surface area contributed by atoms with Crippen molar-refractivity contribution in [2.75, 3.05) is 36.5 Å². The fourth-order valence-electron chi connectivity index (χ4n) is 3.09. The number of hydrogen-bond acceptors (Lipinski definition) is 5. The van der Waals surface area contributed by atoms with Crippen LogP contribution in [0.15, 0.2) is 54.9 Å². The molecular formula is C20H21N5O2. The standard InChI is InChI=1S/C20H21N5O2/c26-20(24-17-5-1-3-16-4-2-7-22-19(16)17)23-14-15-6-8-21-18(13-15)25-9-11-27-12-10-25/h1-8,13H,9-12,14H2,(H2,23,24,26). The molecule has 0 bridgehead atoms. The summed E-state index contributed by atoms with van der Waals surface area (Å²) in [6.45, 7) is 3.51. The number of rotatable bonds is 4. The second kappa shape index (κ2) is 8.01. The number of pyridine rings is 2. The van der Waals surface area contributed by atoms with Gasteiger partial charge in [-0.05, 0) is 29.8 Å². The molecule has 0 atom stereocenters. The summed E-state index contributed by atoms with van der Waals surface area (Å²) in [4.78, 5) is 23.3. The van der Waals surface area contributed by atoms with Crippen molar-refractivity contribution in [1.29, 1.82) is 0 Å². The lowest BCUT2D eigenvalue weighted by atomic mass is 10.2. The Morgan fingerprint density at radius 3 is 2.81 bits per heavy atom. The van der Waals surface area contributed by atoms with E-state index >= 15 is 0 Å². The summed E-state index contributed by atoms with van der Waals surface area (Å²) in [5, 5.41) is 6.76. The average Bonchev–Trinajstić information content (AvgIpc) is 2.73. The van der Waals surface area contributed by atoms with Crippen LogP contribution in [0.1, 0.15) is 5.56 Å². The summed E-state index contributed by atoms with van der Waals surface area (Å²) in [5.41, 5.74) is 2.46. The molecule has 1 aromatic carbocycles. The van der Waals surface area contributed by atoms with Crippen molar-refractivity contribution in [2.45, 2.75) is 6.54 Å². The lowest BCUT2D eigenvalue weighted by Crippen LogP contribution is -2.36. The number of urea groups is 1. The second-order valence-corrected chi connectivity index (χ2v) is 6.31. The maximum absolute atomic E-state index is 12.3. The van der Waals surface area contributed by atoms with Crippen LogP contribution in [0.25, 0.3) is 10.9 Å². The third kappa shape index (κ3) is 4.15. The Hall–Kier alpha value is -3.19. The Balaban J connectivity index is 1.39. The molecule has 1 saturated heterocycles. The van der Waals surface area contributed by atoms with Crippen molar-refractivity contribution in [1.82, 2.24) is 15.3 Å². The highest BCUT2D eigenvalue weighted by Gasteiger charge is 2.13. The van der Waals surface area contributed by atoms with Gasteiger partial charge in [0.25, 0.3) is 0 Å². The van der Waals surface area contributed by atoms with Gasteiger partial charge in [-0.25, -0.2) is 9.78 Å². The molecule has 0 aliphatic carbocycles. The van der Waals surface area contributed by atoms with Gasteiger partial charge in [-0.2, -0.15) is 0 Å². The fourth-order valence-corrected chi connectivity index (χ4v) is 3.09. The molecule has 7 heteroatoms. The zero-order chi connectivity index (χ0) is 18.5. The first-order chi connectivity index (χ1) is 13.3. The molecule has 2 amide bonds. The van der Waals surface area contributed by atoms with Crippen LogP contribution in [0.3, 0.4) is 0 Å². The Bertz CT molecular complexity index is 935. The van der Waals surface area contributed by atoms with E-state index in [-0.39, 0.29) is 6.03 Å². The number of aromatic nitrogens is 2. The fraction of sp³-hybridized carbons (Fsp3) is 0.250. The van der Waals surface area contributed by atoms with Crippen LogP contribution in [0.5, 0.6) is 0 Å². The van der Waals surface area contributed by atoms with E-state index in [2.05, 4.69) is 25.5 Å². The first-order valence-corrected chi connectivity index (χ1v) is 8.96. The molecule has 138 valence electrons. The Kier molecular flexibility index (Phi) is 5.11. The number of para-hydroxylation sites is 1. The molecule has 3 aromatic rings. The van der Waals surface area contributed by atoms with Gasteiger partial charge in [0.15, 0.2) is 0 Å². The van der Waals surface area contributed by atoms with E-state index in [0.29, 0.717) is 25.4 Å².